The SMILES string of the molecule is CC(C)=CC(=O)OC1CC(C)C(C)C2C3=CCC4C56CCC(O)(OC5)C(C)(C)C6CCC4(C)C3(C)CCC12C(=O)O. The molecule has 2 aliphatic heterocycles. The monoisotopic (exact) mass is 568 g/mol. The number of carboxylic acids is 1. The Balaban J connectivity index is 1.44. The molecule has 0 aromatic carbocycles. The molecular weight excluding hydrogens is 516 g/mol. The van der Waals surface area contributed by atoms with E-state index in [4.69, 9.17) is 9.47 Å². The van der Waals surface area contributed by atoms with Crippen molar-refractivity contribution in [2.24, 2.45) is 56.7 Å². The Morgan fingerprint density at radius 1 is 1.02 bits per heavy atom. The molecule has 6 heteroatoms. The van der Waals surface area contributed by atoms with Crippen molar-refractivity contribution in [1.82, 2.24) is 0 Å². The zero-order chi connectivity index (χ0) is 30.0. The number of ether oxygens (including phenoxy) is 2. The van der Waals surface area contributed by atoms with Crippen LogP contribution in [-0.2, 0) is 19.1 Å². The summed E-state index contributed by atoms with van der Waals surface area (Å²) in [5, 5.41) is 22.5. The number of fused-ring (bicyclic) bond motifs is 7. The van der Waals surface area contributed by atoms with Crippen LogP contribution in [0.3, 0.4) is 0 Å². The molecule has 0 amide bonds. The third kappa shape index (κ3) is 3.50. The van der Waals surface area contributed by atoms with Gasteiger partial charge in [-0.2, -0.15) is 0 Å². The Morgan fingerprint density at radius 2 is 1.73 bits per heavy atom. The maximum atomic E-state index is 13.4. The fourth-order valence-corrected chi connectivity index (χ4v) is 11.9. The van der Waals surface area contributed by atoms with Gasteiger partial charge in [0.15, 0.2) is 5.79 Å². The van der Waals surface area contributed by atoms with Gasteiger partial charge in [-0.1, -0.05) is 58.8 Å². The predicted octanol–water partition coefficient (Wildman–Crippen LogP) is 6.92. The Kier molecular flexibility index (Phi) is 6.41. The number of carbonyl (C=O) groups is 2. The van der Waals surface area contributed by atoms with E-state index >= 15 is 0 Å². The van der Waals surface area contributed by atoms with Crippen LogP contribution in [0.1, 0.15) is 107 Å². The molecule has 2 saturated heterocycles. The van der Waals surface area contributed by atoms with Gasteiger partial charge in [0, 0.05) is 29.2 Å². The number of rotatable bonds is 3. The highest BCUT2D eigenvalue weighted by Gasteiger charge is 2.75. The van der Waals surface area contributed by atoms with Crippen LogP contribution in [-0.4, -0.2) is 40.6 Å². The number of aliphatic carboxylic acids is 1. The lowest BCUT2D eigenvalue weighted by Crippen LogP contribution is -2.73. The molecule has 2 N–H and O–H groups in total. The Hall–Kier alpha value is -1.66. The Labute approximate surface area is 246 Å². The summed E-state index contributed by atoms with van der Waals surface area (Å²) >= 11 is 0. The number of allylic oxidation sites excluding steroid dienone is 3. The van der Waals surface area contributed by atoms with E-state index in [1.807, 2.05) is 13.8 Å². The molecule has 0 radical (unpaired) electrons. The number of hydrogen-bond donors (Lipinski definition) is 2. The predicted molar refractivity (Wildman–Crippen MR) is 157 cm³/mol. The fourth-order valence-electron chi connectivity index (χ4n) is 11.9. The molecule has 41 heavy (non-hydrogen) atoms. The van der Waals surface area contributed by atoms with E-state index in [9.17, 15) is 19.8 Å². The molecule has 7 aliphatic rings. The van der Waals surface area contributed by atoms with Crippen molar-refractivity contribution in [1.29, 1.82) is 0 Å². The van der Waals surface area contributed by atoms with Gasteiger partial charge in [0.05, 0.1) is 6.61 Å². The average molecular weight is 569 g/mol. The van der Waals surface area contributed by atoms with Gasteiger partial charge in [-0.05, 0) is 93.3 Å². The topological polar surface area (TPSA) is 93.1 Å². The summed E-state index contributed by atoms with van der Waals surface area (Å²) < 4.78 is 12.4. The standard InChI is InChI=1S/C35H52O6/c1-20(2)17-27(36)41-26-18-21(3)22(4)28-23-9-10-25-32(8,31(23,7)13-15-34(26,28)29(37)38)12-11-24-30(5,6)35(39)16-14-33(24,25)19-40-35/h9,17,21-22,24-26,28,39H,10-16,18-19H2,1-8H3,(H,37,38). The minimum atomic E-state index is -1.11. The van der Waals surface area contributed by atoms with Gasteiger partial charge in [-0.3, -0.25) is 4.79 Å². The molecule has 11 unspecified atom stereocenters. The first-order chi connectivity index (χ1) is 19.0. The van der Waals surface area contributed by atoms with Crippen LogP contribution in [0.2, 0.25) is 0 Å². The molecule has 7 rings (SSSR count). The van der Waals surface area contributed by atoms with Gasteiger partial charge in [0.25, 0.3) is 0 Å². The van der Waals surface area contributed by atoms with Gasteiger partial charge in [-0.15, -0.1) is 0 Å². The minimum Gasteiger partial charge on any atom is -0.481 e. The van der Waals surface area contributed by atoms with E-state index < -0.39 is 29.2 Å². The summed E-state index contributed by atoms with van der Waals surface area (Å²) in [5.41, 5.74) is 0.638. The van der Waals surface area contributed by atoms with Gasteiger partial charge in [0.2, 0.25) is 0 Å². The number of esters is 1. The summed E-state index contributed by atoms with van der Waals surface area (Å²) in [6.07, 6.45) is 9.91. The zero-order valence-corrected chi connectivity index (χ0v) is 26.5. The Bertz CT molecular complexity index is 1200. The van der Waals surface area contributed by atoms with Crippen LogP contribution >= 0.6 is 0 Å². The number of hydrogen-bond acceptors (Lipinski definition) is 5. The maximum Gasteiger partial charge on any atom is 0.330 e. The van der Waals surface area contributed by atoms with E-state index in [1.54, 1.807) is 0 Å². The lowest BCUT2D eigenvalue weighted by atomic mass is 9.32. The normalized spacial score (nSPS) is 51.2. The van der Waals surface area contributed by atoms with Crippen molar-refractivity contribution in [3.8, 4) is 0 Å². The highest BCUT2D eigenvalue weighted by Crippen LogP contribution is 2.78. The second kappa shape index (κ2) is 8.94. The van der Waals surface area contributed by atoms with Crippen LogP contribution in [0.25, 0.3) is 0 Å². The molecule has 6 fully saturated rings. The van der Waals surface area contributed by atoms with Crippen molar-refractivity contribution in [3.63, 3.8) is 0 Å². The molecule has 1 spiro atoms. The van der Waals surface area contributed by atoms with Crippen LogP contribution in [0.5, 0.6) is 0 Å². The second-order valence-electron chi connectivity index (χ2n) is 16.4. The third-order valence-electron chi connectivity index (χ3n) is 14.5. The maximum absolute atomic E-state index is 13.4. The second-order valence-corrected chi connectivity index (χ2v) is 16.4. The zero-order valence-electron chi connectivity index (χ0n) is 26.5. The van der Waals surface area contributed by atoms with E-state index in [-0.39, 0.29) is 39.4 Å². The van der Waals surface area contributed by atoms with Crippen molar-refractivity contribution in [2.75, 3.05) is 6.61 Å². The number of aliphatic hydroxyl groups is 1. The summed E-state index contributed by atoms with van der Waals surface area (Å²) in [7, 11) is 0. The third-order valence-corrected chi connectivity index (χ3v) is 14.5. The number of carbonyl (C=O) groups excluding carboxylic acids is 1. The van der Waals surface area contributed by atoms with Gasteiger partial charge >= 0.3 is 11.9 Å². The highest BCUT2D eigenvalue weighted by atomic mass is 16.6. The minimum absolute atomic E-state index is 0.000872. The van der Waals surface area contributed by atoms with E-state index in [0.717, 1.165) is 37.7 Å². The van der Waals surface area contributed by atoms with Crippen LogP contribution in [0.4, 0.5) is 0 Å². The molecule has 6 nitrogen and oxygen atoms in total. The summed E-state index contributed by atoms with van der Waals surface area (Å²) in [6.45, 7) is 18.1. The molecule has 4 saturated carbocycles. The quantitative estimate of drug-likeness (QED) is 0.218. The molecule has 11 atom stereocenters. The Morgan fingerprint density at radius 3 is 2.34 bits per heavy atom. The molecule has 0 aromatic rings. The van der Waals surface area contributed by atoms with Gasteiger partial charge < -0.3 is 19.7 Å². The smallest absolute Gasteiger partial charge is 0.330 e. The lowest BCUT2D eigenvalue weighted by molar-refractivity contribution is -0.395. The molecule has 2 bridgehead atoms. The first kappa shape index (κ1) is 29.4. The van der Waals surface area contributed by atoms with E-state index in [2.05, 4.69) is 47.6 Å². The van der Waals surface area contributed by atoms with Gasteiger partial charge in [-0.25, -0.2) is 4.79 Å². The summed E-state index contributed by atoms with van der Waals surface area (Å²) in [5.74, 6) is -1.21. The molecule has 5 aliphatic carbocycles. The summed E-state index contributed by atoms with van der Waals surface area (Å²) in [4.78, 5) is 26.3. The van der Waals surface area contributed by atoms with Crippen molar-refractivity contribution in [3.05, 3.63) is 23.3 Å². The van der Waals surface area contributed by atoms with Crippen LogP contribution in [0.15, 0.2) is 23.3 Å². The summed E-state index contributed by atoms with van der Waals surface area (Å²) in [6, 6.07) is 0. The molecule has 0 aromatic heterocycles. The highest BCUT2D eigenvalue weighted by molar-refractivity contribution is 5.84. The molecular formula is C35H52O6. The van der Waals surface area contributed by atoms with Crippen molar-refractivity contribution in [2.45, 2.75) is 119 Å². The number of carboxylic acid groups (broad SMARTS) is 1. The van der Waals surface area contributed by atoms with E-state index in [0.29, 0.717) is 37.7 Å². The van der Waals surface area contributed by atoms with Crippen molar-refractivity contribution >= 4 is 11.9 Å². The van der Waals surface area contributed by atoms with Crippen LogP contribution < -0.4 is 0 Å². The molecule has 228 valence electrons. The van der Waals surface area contributed by atoms with E-state index in [1.165, 1.54) is 11.6 Å². The van der Waals surface area contributed by atoms with Gasteiger partial charge in [0.1, 0.15) is 11.5 Å². The van der Waals surface area contributed by atoms with Crippen LogP contribution in [0, 0.1) is 56.7 Å². The fraction of sp³-hybridized carbons (Fsp3) is 0.829. The first-order valence-corrected chi connectivity index (χ1v) is 16.2. The average Bonchev–Trinajstić information content (AvgIpc) is 2.87. The molecule has 2 heterocycles. The van der Waals surface area contributed by atoms with Crippen molar-refractivity contribution < 1.29 is 29.3 Å². The first-order valence-electron chi connectivity index (χ1n) is 16.2. The largest absolute Gasteiger partial charge is 0.481 e. The lowest BCUT2D eigenvalue weighted by Gasteiger charge is -2.74.